The number of Topliss-reactive ketones (excluding diaryl/α,β-unsaturated/α-hetero) is 1. The summed E-state index contributed by atoms with van der Waals surface area (Å²) in [6.45, 7) is 1.19. The first kappa shape index (κ1) is 12.7. The third-order valence-electron chi connectivity index (χ3n) is 2.84. The van der Waals surface area contributed by atoms with Gasteiger partial charge in [-0.15, -0.1) is 0 Å². The van der Waals surface area contributed by atoms with Crippen molar-refractivity contribution in [2.24, 2.45) is 5.73 Å². The van der Waals surface area contributed by atoms with Gasteiger partial charge >= 0.3 is 0 Å². The summed E-state index contributed by atoms with van der Waals surface area (Å²) in [5.41, 5.74) is 6.12. The average Bonchev–Trinajstić information content (AvgIpc) is 2.67. The Morgan fingerprint density at radius 1 is 1.39 bits per heavy atom. The molecule has 1 fully saturated rings. The molecule has 1 aromatic carbocycles. The summed E-state index contributed by atoms with van der Waals surface area (Å²) in [6.07, 6.45) is -0.454. The summed E-state index contributed by atoms with van der Waals surface area (Å²) in [6, 6.07) is 9.67. The van der Waals surface area contributed by atoms with Crippen molar-refractivity contribution in [3.63, 3.8) is 0 Å². The van der Waals surface area contributed by atoms with E-state index in [9.17, 15) is 9.59 Å². The number of likely N-dealkylation sites (tertiary alicyclic amines) is 1. The van der Waals surface area contributed by atoms with Gasteiger partial charge in [-0.25, -0.2) is 0 Å². The Morgan fingerprint density at radius 3 is 2.78 bits per heavy atom. The van der Waals surface area contributed by atoms with Crippen molar-refractivity contribution >= 4 is 11.7 Å². The predicted molar refractivity (Wildman–Crippen MR) is 65.7 cm³/mol. The van der Waals surface area contributed by atoms with Gasteiger partial charge in [-0.3, -0.25) is 14.5 Å². The number of hydrogen-bond donors (Lipinski definition) is 1. The van der Waals surface area contributed by atoms with E-state index in [-0.39, 0.29) is 18.9 Å². The molecule has 0 aromatic heterocycles. The number of nitrogens with two attached hydrogens (primary N) is 1. The molecular formula is C13H16N2O3. The quantitative estimate of drug-likeness (QED) is 0.792. The molecule has 96 valence electrons. The maximum Gasteiger partial charge on any atom is 0.231 e. The van der Waals surface area contributed by atoms with Crippen molar-refractivity contribution in [2.45, 2.75) is 12.7 Å². The third-order valence-corrected chi connectivity index (χ3v) is 2.84. The number of hydrogen-bond acceptors (Lipinski definition) is 4. The third kappa shape index (κ3) is 3.38. The van der Waals surface area contributed by atoms with Crippen LogP contribution in [0.15, 0.2) is 30.3 Å². The number of rotatable bonds is 5. The lowest BCUT2D eigenvalue weighted by molar-refractivity contribution is -0.126. The van der Waals surface area contributed by atoms with Crippen molar-refractivity contribution in [1.82, 2.24) is 4.90 Å². The first-order chi connectivity index (χ1) is 8.65. The molecule has 5 heteroatoms. The van der Waals surface area contributed by atoms with Gasteiger partial charge in [0.25, 0.3) is 0 Å². The van der Waals surface area contributed by atoms with E-state index < -0.39 is 12.0 Å². The normalized spacial score (nSPS) is 20.2. The number of carbonyl (C=O) groups excluding carboxylic acids is 2. The summed E-state index contributed by atoms with van der Waals surface area (Å²) in [7, 11) is 0. The zero-order valence-electron chi connectivity index (χ0n) is 10.0. The van der Waals surface area contributed by atoms with Crippen LogP contribution in [0, 0.1) is 0 Å². The SMILES string of the molecule is NC(=O)CN1CC(=O)C(OCc2ccccc2)C1. The fraction of sp³-hybridized carbons (Fsp3) is 0.385. The molecule has 0 radical (unpaired) electrons. The fourth-order valence-electron chi connectivity index (χ4n) is 1.98. The molecular weight excluding hydrogens is 232 g/mol. The van der Waals surface area contributed by atoms with Crippen molar-refractivity contribution < 1.29 is 14.3 Å². The molecule has 1 saturated heterocycles. The van der Waals surface area contributed by atoms with Gasteiger partial charge in [-0.1, -0.05) is 30.3 Å². The molecule has 1 unspecified atom stereocenters. The average molecular weight is 248 g/mol. The monoisotopic (exact) mass is 248 g/mol. The van der Waals surface area contributed by atoms with Gasteiger partial charge in [-0.2, -0.15) is 0 Å². The van der Waals surface area contributed by atoms with Gasteiger partial charge in [0.1, 0.15) is 6.10 Å². The summed E-state index contributed by atoms with van der Waals surface area (Å²) in [5, 5.41) is 0. The van der Waals surface area contributed by atoms with E-state index in [1.54, 1.807) is 4.90 Å². The second-order valence-electron chi connectivity index (χ2n) is 4.39. The predicted octanol–water partition coefficient (Wildman–Crippen LogP) is -0.0582. The van der Waals surface area contributed by atoms with Crippen LogP contribution in [-0.2, 0) is 20.9 Å². The van der Waals surface area contributed by atoms with Crippen LogP contribution >= 0.6 is 0 Å². The number of ketones is 1. The Labute approximate surface area is 106 Å². The highest BCUT2D eigenvalue weighted by molar-refractivity contribution is 5.88. The highest BCUT2D eigenvalue weighted by Crippen LogP contribution is 2.11. The molecule has 1 atom stereocenters. The van der Waals surface area contributed by atoms with Gasteiger partial charge in [-0.05, 0) is 5.56 Å². The van der Waals surface area contributed by atoms with E-state index in [0.717, 1.165) is 5.56 Å². The van der Waals surface area contributed by atoms with Crippen molar-refractivity contribution in [1.29, 1.82) is 0 Å². The summed E-state index contributed by atoms with van der Waals surface area (Å²) >= 11 is 0. The Balaban J connectivity index is 1.83. The molecule has 2 rings (SSSR count). The van der Waals surface area contributed by atoms with E-state index in [0.29, 0.717) is 13.2 Å². The molecule has 1 aromatic rings. The molecule has 5 nitrogen and oxygen atoms in total. The number of nitrogens with zero attached hydrogens (tertiary/aromatic N) is 1. The molecule has 0 aliphatic carbocycles. The Kier molecular flexibility index (Phi) is 4.07. The molecule has 2 N–H and O–H groups in total. The number of ether oxygens (including phenoxy) is 1. The Morgan fingerprint density at radius 2 is 2.11 bits per heavy atom. The standard InChI is InChI=1S/C13H16N2O3/c14-13(17)8-15-6-11(16)12(7-15)18-9-10-4-2-1-3-5-10/h1-5,12H,6-9H2,(H2,14,17). The maximum atomic E-state index is 11.7. The van der Waals surface area contributed by atoms with Gasteiger partial charge < -0.3 is 10.5 Å². The van der Waals surface area contributed by atoms with E-state index in [1.807, 2.05) is 30.3 Å². The van der Waals surface area contributed by atoms with E-state index >= 15 is 0 Å². The topological polar surface area (TPSA) is 72.6 Å². The van der Waals surface area contributed by atoms with Crippen LogP contribution in [0.2, 0.25) is 0 Å². The summed E-state index contributed by atoms with van der Waals surface area (Å²) in [5.74, 6) is -0.418. The Bertz CT molecular complexity index is 433. The van der Waals surface area contributed by atoms with Crippen molar-refractivity contribution in [3.8, 4) is 0 Å². The molecule has 0 saturated carbocycles. The molecule has 1 heterocycles. The zero-order chi connectivity index (χ0) is 13.0. The molecule has 1 aliphatic rings. The molecule has 0 spiro atoms. The first-order valence-corrected chi connectivity index (χ1v) is 5.84. The lowest BCUT2D eigenvalue weighted by Crippen LogP contribution is -2.32. The van der Waals surface area contributed by atoms with Gasteiger partial charge in [0.15, 0.2) is 5.78 Å². The smallest absolute Gasteiger partial charge is 0.231 e. The summed E-state index contributed by atoms with van der Waals surface area (Å²) in [4.78, 5) is 24.2. The van der Waals surface area contributed by atoms with E-state index in [2.05, 4.69) is 0 Å². The molecule has 1 amide bonds. The highest BCUT2D eigenvalue weighted by atomic mass is 16.5. The minimum atomic E-state index is -0.454. The second-order valence-corrected chi connectivity index (χ2v) is 4.39. The largest absolute Gasteiger partial charge is 0.369 e. The van der Waals surface area contributed by atoms with Crippen molar-refractivity contribution in [3.05, 3.63) is 35.9 Å². The lowest BCUT2D eigenvalue weighted by Gasteiger charge is -2.13. The van der Waals surface area contributed by atoms with Crippen LogP contribution < -0.4 is 5.73 Å². The molecule has 0 bridgehead atoms. The van der Waals surface area contributed by atoms with E-state index in [1.165, 1.54) is 0 Å². The molecule has 1 aliphatic heterocycles. The van der Waals surface area contributed by atoms with E-state index in [4.69, 9.17) is 10.5 Å². The van der Waals surface area contributed by atoms with Gasteiger partial charge in [0.05, 0.1) is 19.7 Å². The van der Waals surface area contributed by atoms with Gasteiger partial charge in [0, 0.05) is 6.54 Å². The van der Waals surface area contributed by atoms with Gasteiger partial charge in [0.2, 0.25) is 5.91 Å². The van der Waals surface area contributed by atoms with Crippen LogP contribution in [0.3, 0.4) is 0 Å². The van der Waals surface area contributed by atoms with Crippen LogP contribution in [-0.4, -0.2) is 42.3 Å². The number of benzene rings is 1. The second kappa shape index (κ2) is 5.75. The van der Waals surface area contributed by atoms with Crippen LogP contribution in [0.5, 0.6) is 0 Å². The number of primary amides is 1. The first-order valence-electron chi connectivity index (χ1n) is 5.84. The Hall–Kier alpha value is -1.72. The van der Waals surface area contributed by atoms with Crippen LogP contribution in [0.4, 0.5) is 0 Å². The van der Waals surface area contributed by atoms with Crippen LogP contribution in [0.1, 0.15) is 5.56 Å². The van der Waals surface area contributed by atoms with Crippen LogP contribution in [0.25, 0.3) is 0 Å². The minimum absolute atomic E-state index is 0.00665. The molecule has 18 heavy (non-hydrogen) atoms. The highest BCUT2D eigenvalue weighted by Gasteiger charge is 2.31. The van der Waals surface area contributed by atoms with Crippen molar-refractivity contribution in [2.75, 3.05) is 19.6 Å². The fourth-order valence-corrected chi connectivity index (χ4v) is 1.98. The maximum absolute atomic E-state index is 11.7. The lowest BCUT2D eigenvalue weighted by atomic mass is 10.2. The number of carbonyl (C=O) groups is 2. The number of amides is 1. The zero-order valence-corrected chi connectivity index (χ0v) is 10.0. The minimum Gasteiger partial charge on any atom is -0.369 e. The summed E-state index contributed by atoms with van der Waals surface area (Å²) < 4.78 is 5.57.